The van der Waals surface area contributed by atoms with E-state index in [1.165, 1.54) is 0 Å². The maximum Gasteiger partial charge on any atom is 0.146 e. The first-order chi connectivity index (χ1) is 2.91. The van der Waals surface area contributed by atoms with E-state index < -0.39 is 0 Å². The molecular formula is C4H5O2. The van der Waals surface area contributed by atoms with Crippen molar-refractivity contribution in [2.75, 3.05) is 6.61 Å². The topological polar surface area (TPSA) is 29.1 Å². The van der Waals surface area contributed by atoms with E-state index >= 15 is 0 Å². The van der Waals surface area contributed by atoms with Gasteiger partial charge in [-0.1, -0.05) is 5.92 Å². The molecule has 2 heteroatoms. The van der Waals surface area contributed by atoms with E-state index in [4.69, 9.17) is 5.26 Å². The van der Waals surface area contributed by atoms with Crippen LogP contribution in [0.1, 0.15) is 6.92 Å². The van der Waals surface area contributed by atoms with Crippen molar-refractivity contribution >= 4 is 0 Å². The zero-order valence-electron chi connectivity index (χ0n) is 3.52. The third-order valence-electron chi connectivity index (χ3n) is 0.308. The Labute approximate surface area is 36.7 Å². The molecule has 0 N–H and O–H groups in total. The van der Waals surface area contributed by atoms with Crippen molar-refractivity contribution in [2.24, 2.45) is 0 Å². The van der Waals surface area contributed by atoms with Gasteiger partial charge in [0, 0.05) is 0 Å². The van der Waals surface area contributed by atoms with Crippen LogP contribution in [0.15, 0.2) is 0 Å². The molecule has 6 heavy (non-hydrogen) atoms. The Hall–Kier alpha value is -0.520. The van der Waals surface area contributed by atoms with Crippen LogP contribution in [-0.4, -0.2) is 6.61 Å². The van der Waals surface area contributed by atoms with Gasteiger partial charge in [0.1, 0.15) is 6.61 Å². The van der Waals surface area contributed by atoms with Crippen LogP contribution in [0, 0.1) is 11.8 Å². The Morgan fingerprint density at radius 2 is 2.50 bits per heavy atom. The molecule has 2 nitrogen and oxygen atoms in total. The number of hydrogen-bond donors (Lipinski definition) is 0. The monoisotopic (exact) mass is 85.0 g/mol. The lowest BCUT2D eigenvalue weighted by Gasteiger charge is -1.71. The highest BCUT2D eigenvalue weighted by atomic mass is 17.1. The van der Waals surface area contributed by atoms with Gasteiger partial charge in [0.2, 0.25) is 0 Å². The van der Waals surface area contributed by atoms with Crippen LogP contribution in [0.2, 0.25) is 0 Å². The first-order valence-corrected chi connectivity index (χ1v) is 1.56. The van der Waals surface area contributed by atoms with Gasteiger partial charge in [-0.05, 0) is 12.2 Å². The summed E-state index contributed by atoms with van der Waals surface area (Å²) in [5.74, 6) is 4.91. The zero-order chi connectivity index (χ0) is 4.83. The molecular weight excluding hydrogens is 80.0 g/mol. The lowest BCUT2D eigenvalue weighted by molar-refractivity contribution is -0.293. The van der Waals surface area contributed by atoms with Crippen LogP contribution in [-0.2, 0) is 10.1 Å². The van der Waals surface area contributed by atoms with Crippen molar-refractivity contribution in [1.82, 2.24) is 0 Å². The van der Waals surface area contributed by atoms with Gasteiger partial charge in [-0.25, -0.2) is 0 Å². The summed E-state index contributed by atoms with van der Waals surface area (Å²) in [6.07, 6.45) is 0. The fourth-order valence-electron chi connectivity index (χ4n) is 0.102. The van der Waals surface area contributed by atoms with Gasteiger partial charge in [0.25, 0.3) is 0 Å². The highest BCUT2D eigenvalue weighted by Crippen LogP contribution is 1.58. The van der Waals surface area contributed by atoms with Crippen molar-refractivity contribution in [3.05, 3.63) is 0 Å². The smallest absolute Gasteiger partial charge is 0.146 e. The molecule has 0 aromatic rings. The van der Waals surface area contributed by atoms with Crippen LogP contribution < -0.4 is 0 Å². The summed E-state index contributed by atoms with van der Waals surface area (Å²) in [7, 11) is 0. The number of hydrogen-bond acceptors (Lipinski definition) is 1. The first-order valence-electron chi connectivity index (χ1n) is 1.56. The van der Waals surface area contributed by atoms with Crippen molar-refractivity contribution in [1.29, 1.82) is 0 Å². The molecule has 0 bridgehead atoms. The van der Waals surface area contributed by atoms with Crippen LogP contribution in [0.3, 0.4) is 0 Å². The van der Waals surface area contributed by atoms with E-state index in [2.05, 4.69) is 16.7 Å². The lowest BCUT2D eigenvalue weighted by atomic mass is 10.6. The maximum absolute atomic E-state index is 9.09. The average Bonchev–Trinajstić information content (AvgIpc) is 1.61. The van der Waals surface area contributed by atoms with Gasteiger partial charge in [-0.15, -0.1) is 5.92 Å². The molecule has 0 amide bonds. The summed E-state index contributed by atoms with van der Waals surface area (Å²) >= 11 is 0. The Bertz CT molecular complexity index is 67.4. The fraction of sp³-hybridized carbons (Fsp3) is 0.500. The predicted molar refractivity (Wildman–Crippen MR) is 20.1 cm³/mol. The zero-order valence-corrected chi connectivity index (χ0v) is 3.52. The molecule has 33 valence electrons. The van der Waals surface area contributed by atoms with Crippen LogP contribution in [0.25, 0.3) is 0 Å². The molecule has 1 radical (unpaired) electrons. The van der Waals surface area contributed by atoms with Gasteiger partial charge >= 0.3 is 0 Å². The Kier molecular flexibility index (Phi) is 4.09. The lowest BCUT2D eigenvalue weighted by Crippen LogP contribution is -1.77. The maximum atomic E-state index is 9.09. The third-order valence-corrected chi connectivity index (χ3v) is 0.308. The molecule has 0 rings (SSSR count). The highest BCUT2D eigenvalue weighted by Gasteiger charge is 1.65. The predicted octanol–water partition coefficient (Wildman–Crippen LogP) is 0.372. The molecule has 0 atom stereocenters. The summed E-state index contributed by atoms with van der Waals surface area (Å²) in [5, 5.41) is 9.09. The molecule has 0 saturated carbocycles. The Balaban J connectivity index is 2.79. The standard InChI is InChI=1S/C4H5O2/c1-2-3-4-6-5/h4H2,1H3. The Morgan fingerprint density at radius 1 is 1.83 bits per heavy atom. The van der Waals surface area contributed by atoms with Gasteiger partial charge < -0.3 is 0 Å². The third kappa shape index (κ3) is 3.48. The second-order valence-corrected chi connectivity index (χ2v) is 0.689. The van der Waals surface area contributed by atoms with Crippen LogP contribution in [0.5, 0.6) is 0 Å². The quantitative estimate of drug-likeness (QED) is 0.257. The average molecular weight is 85.1 g/mol. The highest BCUT2D eigenvalue weighted by molar-refractivity contribution is 4.94. The van der Waals surface area contributed by atoms with E-state index in [0.29, 0.717) is 0 Å². The second kappa shape index (κ2) is 4.48. The molecule has 0 aliphatic rings. The minimum absolute atomic E-state index is 0.00347. The normalized spacial score (nSPS) is 6.33. The second-order valence-electron chi connectivity index (χ2n) is 0.689. The Morgan fingerprint density at radius 3 is 2.67 bits per heavy atom. The fourth-order valence-corrected chi connectivity index (χ4v) is 0.102. The van der Waals surface area contributed by atoms with E-state index in [-0.39, 0.29) is 6.61 Å². The van der Waals surface area contributed by atoms with Gasteiger partial charge in [-0.3, -0.25) is 0 Å². The van der Waals surface area contributed by atoms with Crippen LogP contribution >= 0.6 is 0 Å². The minimum atomic E-state index is -0.00347. The molecule has 0 aromatic carbocycles. The largest absolute Gasteiger partial charge is 0.191 e. The summed E-state index contributed by atoms with van der Waals surface area (Å²) in [5.41, 5.74) is 0. The van der Waals surface area contributed by atoms with Crippen molar-refractivity contribution in [3.63, 3.8) is 0 Å². The molecule has 0 fully saturated rings. The molecule has 0 heterocycles. The van der Waals surface area contributed by atoms with E-state index in [1.54, 1.807) is 6.92 Å². The summed E-state index contributed by atoms with van der Waals surface area (Å²) in [6, 6.07) is 0. The molecule has 0 aliphatic carbocycles. The molecule has 0 aromatic heterocycles. The first kappa shape index (κ1) is 5.48. The van der Waals surface area contributed by atoms with Crippen molar-refractivity contribution < 1.29 is 10.1 Å². The molecule has 0 unspecified atom stereocenters. The van der Waals surface area contributed by atoms with Gasteiger partial charge in [0.15, 0.2) is 0 Å². The van der Waals surface area contributed by atoms with Gasteiger partial charge in [0.05, 0.1) is 0 Å². The van der Waals surface area contributed by atoms with Gasteiger partial charge in [-0.2, -0.15) is 4.89 Å². The minimum Gasteiger partial charge on any atom is -0.191 e. The summed E-state index contributed by atoms with van der Waals surface area (Å²) < 4.78 is 0. The van der Waals surface area contributed by atoms with Crippen LogP contribution in [0.4, 0.5) is 0 Å². The van der Waals surface area contributed by atoms with E-state index in [9.17, 15) is 0 Å². The summed E-state index contributed by atoms with van der Waals surface area (Å²) in [4.78, 5) is 3.36. The van der Waals surface area contributed by atoms with Crippen molar-refractivity contribution in [2.45, 2.75) is 6.92 Å². The molecule has 0 saturated heterocycles. The van der Waals surface area contributed by atoms with E-state index in [0.717, 1.165) is 0 Å². The van der Waals surface area contributed by atoms with Crippen molar-refractivity contribution in [3.8, 4) is 11.8 Å². The summed E-state index contributed by atoms with van der Waals surface area (Å²) in [6.45, 7) is 1.65. The molecule has 0 spiro atoms. The number of rotatable bonds is 1. The SMILES string of the molecule is CC#CCO[O]. The van der Waals surface area contributed by atoms with E-state index in [1.807, 2.05) is 0 Å². The molecule has 0 aliphatic heterocycles.